The van der Waals surface area contributed by atoms with Crippen molar-refractivity contribution in [2.45, 2.75) is 50.8 Å². The maximum absolute atomic E-state index is 13.3. The largest absolute Gasteiger partial charge is 0.480 e. The summed E-state index contributed by atoms with van der Waals surface area (Å²) >= 11 is 1.78. The van der Waals surface area contributed by atoms with Crippen LogP contribution in [0, 0.1) is 13.8 Å². The number of ether oxygens (including phenoxy) is 1. The topological polar surface area (TPSA) is 80.3 Å². The van der Waals surface area contributed by atoms with Gasteiger partial charge in [-0.05, 0) is 62.3 Å². The van der Waals surface area contributed by atoms with E-state index in [-0.39, 0.29) is 10.8 Å². The predicted octanol–water partition coefficient (Wildman–Crippen LogP) is 5.92. The predicted molar refractivity (Wildman–Crippen MR) is 136 cm³/mol. The average Bonchev–Trinajstić information content (AvgIpc) is 3.05. The maximum atomic E-state index is 13.3. The molecule has 0 saturated heterocycles. The standard InChI is InChI=1S/C25H29N3O3S2/c1-16-9-8-10-17(2)24(16)28-33(29,30)23-13-19(14-26-25(23)31-4)27-18(3)21-15-32-22-12-7-5-6-11-20(21)22/h8-10,13-15,27-28H,3,5-7,11-12H2,1-2,4H3. The van der Waals surface area contributed by atoms with Crippen molar-refractivity contribution in [1.29, 1.82) is 0 Å². The van der Waals surface area contributed by atoms with E-state index >= 15 is 0 Å². The first-order valence-electron chi connectivity index (χ1n) is 11.0. The zero-order valence-electron chi connectivity index (χ0n) is 19.2. The van der Waals surface area contributed by atoms with Crippen LogP contribution >= 0.6 is 11.3 Å². The minimum Gasteiger partial charge on any atom is -0.480 e. The van der Waals surface area contributed by atoms with E-state index < -0.39 is 10.0 Å². The fourth-order valence-electron chi connectivity index (χ4n) is 4.18. The van der Waals surface area contributed by atoms with Crippen molar-refractivity contribution in [2.75, 3.05) is 17.1 Å². The lowest BCUT2D eigenvalue weighted by atomic mass is 10.0. The Morgan fingerprint density at radius 1 is 1.15 bits per heavy atom. The van der Waals surface area contributed by atoms with E-state index in [1.165, 1.54) is 42.9 Å². The Morgan fingerprint density at radius 2 is 1.88 bits per heavy atom. The molecule has 0 fully saturated rings. The van der Waals surface area contributed by atoms with Crippen LogP contribution in [-0.2, 0) is 22.9 Å². The molecule has 0 aliphatic heterocycles. The Labute approximate surface area is 199 Å². The number of aromatic nitrogens is 1. The third-order valence-corrected chi connectivity index (χ3v) is 8.38. The van der Waals surface area contributed by atoms with Crippen LogP contribution in [0.3, 0.4) is 0 Å². The second-order valence-corrected chi connectivity index (χ2v) is 10.9. The summed E-state index contributed by atoms with van der Waals surface area (Å²) in [5.41, 5.74) is 5.98. The van der Waals surface area contributed by atoms with Gasteiger partial charge in [0.05, 0.1) is 24.7 Å². The number of anilines is 2. The monoisotopic (exact) mass is 483 g/mol. The maximum Gasteiger partial charge on any atom is 0.267 e. The molecule has 1 aliphatic carbocycles. The van der Waals surface area contributed by atoms with Gasteiger partial charge in [-0.25, -0.2) is 13.4 Å². The van der Waals surface area contributed by atoms with Crippen LogP contribution in [0.25, 0.3) is 5.70 Å². The molecule has 0 saturated carbocycles. The normalized spacial score (nSPS) is 13.7. The molecular formula is C25H29N3O3S2. The molecule has 174 valence electrons. The van der Waals surface area contributed by atoms with E-state index in [0.29, 0.717) is 11.4 Å². The number of sulfonamides is 1. The smallest absolute Gasteiger partial charge is 0.267 e. The molecule has 0 bridgehead atoms. The van der Waals surface area contributed by atoms with Crippen molar-refractivity contribution in [1.82, 2.24) is 4.98 Å². The van der Waals surface area contributed by atoms with Gasteiger partial charge in [-0.15, -0.1) is 11.3 Å². The zero-order valence-corrected chi connectivity index (χ0v) is 20.8. The number of hydrogen-bond donors (Lipinski definition) is 2. The van der Waals surface area contributed by atoms with Gasteiger partial charge in [-0.1, -0.05) is 31.2 Å². The van der Waals surface area contributed by atoms with E-state index in [4.69, 9.17) is 4.74 Å². The van der Waals surface area contributed by atoms with E-state index in [2.05, 4.69) is 27.0 Å². The Kier molecular flexibility index (Phi) is 6.76. The highest BCUT2D eigenvalue weighted by Gasteiger charge is 2.24. The van der Waals surface area contributed by atoms with Crippen LogP contribution in [0.5, 0.6) is 5.88 Å². The molecule has 2 heterocycles. The van der Waals surface area contributed by atoms with Crippen molar-refractivity contribution in [3.05, 3.63) is 69.6 Å². The summed E-state index contributed by atoms with van der Waals surface area (Å²) in [7, 11) is -2.53. The van der Waals surface area contributed by atoms with Gasteiger partial charge in [-0.2, -0.15) is 0 Å². The van der Waals surface area contributed by atoms with Crippen molar-refractivity contribution >= 4 is 38.4 Å². The number of thiophene rings is 1. The molecule has 2 N–H and O–H groups in total. The number of benzene rings is 1. The number of pyridine rings is 1. The molecule has 6 nitrogen and oxygen atoms in total. The van der Waals surface area contributed by atoms with Crippen LogP contribution in [0.1, 0.15) is 46.4 Å². The number of nitrogens with zero attached hydrogens (tertiary/aromatic N) is 1. The SMILES string of the molecule is C=C(Nc1cnc(OC)c(S(=O)(=O)Nc2c(C)cccc2C)c1)c1csc2c1CCCCC2. The Hall–Kier alpha value is -2.84. The first-order chi connectivity index (χ1) is 15.8. The lowest BCUT2D eigenvalue weighted by molar-refractivity contribution is 0.385. The van der Waals surface area contributed by atoms with E-state index in [1.54, 1.807) is 17.5 Å². The second kappa shape index (κ2) is 9.57. The molecule has 33 heavy (non-hydrogen) atoms. The Morgan fingerprint density at radius 3 is 2.61 bits per heavy atom. The number of nitrogens with one attached hydrogen (secondary N) is 2. The van der Waals surface area contributed by atoms with Crippen LogP contribution in [0.4, 0.5) is 11.4 Å². The van der Waals surface area contributed by atoms with Gasteiger partial charge < -0.3 is 10.1 Å². The van der Waals surface area contributed by atoms with Crippen LogP contribution in [-0.4, -0.2) is 20.5 Å². The summed E-state index contributed by atoms with van der Waals surface area (Å²) in [6, 6.07) is 7.17. The average molecular weight is 484 g/mol. The molecule has 0 radical (unpaired) electrons. The molecule has 8 heteroatoms. The van der Waals surface area contributed by atoms with E-state index in [0.717, 1.165) is 35.2 Å². The quantitative estimate of drug-likeness (QED) is 0.408. The highest BCUT2D eigenvalue weighted by Crippen LogP contribution is 2.34. The fraction of sp³-hybridized carbons (Fsp3) is 0.320. The van der Waals surface area contributed by atoms with Gasteiger partial charge in [-0.3, -0.25) is 4.72 Å². The molecule has 2 aromatic heterocycles. The molecule has 4 rings (SSSR count). The highest BCUT2D eigenvalue weighted by molar-refractivity contribution is 7.92. The van der Waals surface area contributed by atoms with Crippen molar-refractivity contribution < 1.29 is 13.2 Å². The van der Waals surface area contributed by atoms with E-state index in [1.807, 2.05) is 32.0 Å². The van der Waals surface area contributed by atoms with Gasteiger partial charge in [0, 0.05) is 21.5 Å². The summed E-state index contributed by atoms with van der Waals surface area (Å²) in [6.07, 6.45) is 7.38. The summed E-state index contributed by atoms with van der Waals surface area (Å²) < 4.78 is 34.6. The Balaban J connectivity index is 1.63. The number of rotatable bonds is 7. The number of hydrogen-bond acceptors (Lipinski definition) is 6. The van der Waals surface area contributed by atoms with Gasteiger partial charge in [0.15, 0.2) is 4.90 Å². The van der Waals surface area contributed by atoms with Crippen molar-refractivity contribution in [3.63, 3.8) is 0 Å². The molecule has 3 aromatic rings. The third kappa shape index (κ3) is 4.91. The zero-order chi connectivity index (χ0) is 23.6. The van der Waals surface area contributed by atoms with Crippen LogP contribution in [0.15, 0.2) is 47.3 Å². The summed E-state index contributed by atoms with van der Waals surface area (Å²) in [5, 5.41) is 5.41. The first-order valence-corrected chi connectivity index (χ1v) is 13.3. The first kappa shape index (κ1) is 23.3. The second-order valence-electron chi connectivity index (χ2n) is 8.32. The lowest BCUT2D eigenvalue weighted by Crippen LogP contribution is -2.16. The fourth-order valence-corrected chi connectivity index (χ4v) is 6.69. The molecule has 0 unspecified atom stereocenters. The number of aryl methyl sites for hydroxylation is 3. The van der Waals surface area contributed by atoms with Gasteiger partial charge in [0.1, 0.15) is 0 Å². The minimum atomic E-state index is -3.94. The van der Waals surface area contributed by atoms with E-state index in [9.17, 15) is 8.42 Å². The summed E-state index contributed by atoms with van der Waals surface area (Å²) in [6.45, 7) is 7.96. The molecule has 0 amide bonds. The molecule has 1 aromatic carbocycles. The number of fused-ring (bicyclic) bond motifs is 1. The Bertz CT molecular complexity index is 1280. The van der Waals surface area contributed by atoms with Crippen LogP contribution in [0.2, 0.25) is 0 Å². The molecule has 1 aliphatic rings. The van der Waals surface area contributed by atoms with Crippen molar-refractivity contribution in [3.8, 4) is 5.88 Å². The van der Waals surface area contributed by atoms with Gasteiger partial charge in [0.2, 0.25) is 5.88 Å². The summed E-state index contributed by atoms with van der Waals surface area (Å²) in [5.74, 6) is 0.0364. The number of methoxy groups -OCH3 is 1. The van der Waals surface area contributed by atoms with Gasteiger partial charge in [0.25, 0.3) is 10.0 Å². The van der Waals surface area contributed by atoms with Gasteiger partial charge >= 0.3 is 0 Å². The summed E-state index contributed by atoms with van der Waals surface area (Å²) in [4.78, 5) is 5.64. The highest BCUT2D eigenvalue weighted by atomic mass is 32.2. The lowest BCUT2D eigenvalue weighted by Gasteiger charge is -2.16. The minimum absolute atomic E-state index is 0.0328. The third-order valence-electron chi connectivity index (χ3n) is 5.95. The molecule has 0 atom stereocenters. The molecular weight excluding hydrogens is 454 g/mol. The number of para-hydroxylation sites is 1. The molecule has 0 spiro atoms. The van der Waals surface area contributed by atoms with Crippen molar-refractivity contribution in [2.24, 2.45) is 0 Å². The van der Waals surface area contributed by atoms with Crippen LogP contribution < -0.4 is 14.8 Å².